The lowest BCUT2D eigenvalue weighted by atomic mass is 10.2. The third-order valence-corrected chi connectivity index (χ3v) is 4.93. The van der Waals surface area contributed by atoms with Crippen molar-refractivity contribution in [1.29, 1.82) is 0 Å². The van der Waals surface area contributed by atoms with Crippen molar-refractivity contribution in [1.82, 2.24) is 9.80 Å². The van der Waals surface area contributed by atoms with E-state index in [1.165, 1.54) is 11.0 Å². The summed E-state index contributed by atoms with van der Waals surface area (Å²) in [4.78, 5) is 38.9. The number of likely N-dealkylation sites (N-methyl/N-ethyl adjacent to an activating group) is 1. The number of carboxylic acids is 1. The molecule has 0 aliphatic carbocycles. The number of carboxylic acid groups (broad SMARTS) is 1. The normalized spacial score (nSPS) is 17.1. The summed E-state index contributed by atoms with van der Waals surface area (Å²) in [5.74, 6) is 0.626. The molecule has 7 nitrogen and oxygen atoms in total. The Hall–Kier alpha value is -1.96. The third-order valence-electron chi connectivity index (χ3n) is 3.92. The molecule has 0 radical (unpaired) electrons. The number of aromatic carboxylic acids is 1. The number of hydrogen-bond acceptors (Lipinski definition) is 5. The first-order valence-corrected chi connectivity index (χ1v) is 8.95. The lowest BCUT2D eigenvalue weighted by Gasteiger charge is -2.27. The number of hydrogen-bond donors (Lipinski definition) is 1. The van der Waals surface area contributed by atoms with Crippen molar-refractivity contribution in [2.45, 2.75) is 39.3 Å². The van der Waals surface area contributed by atoms with E-state index in [0.29, 0.717) is 29.6 Å². The smallest absolute Gasteiger partial charge is 0.339 e. The van der Waals surface area contributed by atoms with E-state index in [2.05, 4.69) is 0 Å². The number of furan rings is 1. The molecule has 0 spiro atoms. The van der Waals surface area contributed by atoms with E-state index in [9.17, 15) is 14.4 Å². The van der Waals surface area contributed by atoms with E-state index in [1.54, 1.807) is 30.6 Å². The highest BCUT2D eigenvalue weighted by atomic mass is 32.2. The number of thioether (sulfide) groups is 1. The van der Waals surface area contributed by atoms with Gasteiger partial charge in [0.2, 0.25) is 11.8 Å². The Morgan fingerprint density at radius 2 is 2.17 bits per heavy atom. The largest absolute Gasteiger partial charge is 0.478 e. The van der Waals surface area contributed by atoms with Crippen LogP contribution in [-0.2, 0) is 16.1 Å². The van der Waals surface area contributed by atoms with Crippen molar-refractivity contribution in [3.8, 4) is 0 Å². The van der Waals surface area contributed by atoms with Gasteiger partial charge in [-0.25, -0.2) is 4.79 Å². The first kappa shape index (κ1) is 18.4. The second-order valence-electron chi connectivity index (χ2n) is 5.81. The fourth-order valence-electron chi connectivity index (χ4n) is 2.65. The molecule has 1 aliphatic rings. The Morgan fingerprint density at radius 3 is 2.75 bits per heavy atom. The van der Waals surface area contributed by atoms with Gasteiger partial charge in [-0.15, -0.1) is 11.8 Å². The Labute approximate surface area is 145 Å². The van der Waals surface area contributed by atoms with E-state index in [4.69, 9.17) is 9.52 Å². The third kappa shape index (κ3) is 3.92. The van der Waals surface area contributed by atoms with Crippen LogP contribution in [-0.4, -0.2) is 57.4 Å². The minimum atomic E-state index is -1.06. The van der Waals surface area contributed by atoms with Crippen LogP contribution in [0.4, 0.5) is 0 Å². The second-order valence-corrected chi connectivity index (χ2v) is 6.81. The van der Waals surface area contributed by atoms with Crippen molar-refractivity contribution >= 4 is 29.5 Å². The molecule has 1 fully saturated rings. The highest BCUT2D eigenvalue weighted by Crippen LogP contribution is 2.24. The van der Waals surface area contributed by atoms with Gasteiger partial charge in [0.05, 0.1) is 12.4 Å². The van der Waals surface area contributed by atoms with Gasteiger partial charge in [-0.3, -0.25) is 9.59 Å². The summed E-state index contributed by atoms with van der Waals surface area (Å²) in [5.41, 5.74) is 0.0991. The van der Waals surface area contributed by atoms with Crippen molar-refractivity contribution < 1.29 is 23.9 Å². The van der Waals surface area contributed by atoms with Crippen molar-refractivity contribution in [3.05, 3.63) is 23.2 Å². The van der Waals surface area contributed by atoms with Gasteiger partial charge in [0.25, 0.3) is 0 Å². The van der Waals surface area contributed by atoms with Gasteiger partial charge >= 0.3 is 5.97 Å². The number of amides is 2. The molecule has 1 N–H and O–H groups in total. The lowest BCUT2D eigenvalue weighted by molar-refractivity contribution is -0.143. The maximum atomic E-state index is 12.7. The monoisotopic (exact) mass is 354 g/mol. The van der Waals surface area contributed by atoms with Crippen LogP contribution in [0.1, 0.15) is 41.6 Å². The van der Waals surface area contributed by atoms with E-state index in [-0.39, 0.29) is 23.9 Å². The highest BCUT2D eigenvalue weighted by molar-refractivity contribution is 7.99. The summed E-state index contributed by atoms with van der Waals surface area (Å²) in [7, 11) is 1.63. The average molecular weight is 354 g/mol. The molecule has 1 aromatic heterocycles. The van der Waals surface area contributed by atoms with Gasteiger partial charge in [0, 0.05) is 19.2 Å². The lowest BCUT2D eigenvalue weighted by Crippen LogP contribution is -2.47. The van der Waals surface area contributed by atoms with Gasteiger partial charge in [-0.1, -0.05) is 6.92 Å². The molecule has 1 atom stereocenters. The topological polar surface area (TPSA) is 91.1 Å². The molecule has 24 heavy (non-hydrogen) atoms. The van der Waals surface area contributed by atoms with Crippen LogP contribution < -0.4 is 0 Å². The van der Waals surface area contributed by atoms with Crippen LogP contribution >= 0.6 is 11.8 Å². The summed E-state index contributed by atoms with van der Waals surface area (Å²) < 4.78 is 5.41. The molecule has 1 saturated heterocycles. The van der Waals surface area contributed by atoms with Crippen LogP contribution in [0.3, 0.4) is 0 Å². The number of carbonyl (C=O) groups excluding carboxylic acids is 2. The highest BCUT2D eigenvalue weighted by Gasteiger charge is 2.36. The zero-order chi connectivity index (χ0) is 17.9. The predicted octanol–water partition coefficient (Wildman–Crippen LogP) is 1.95. The Bertz CT molecular complexity index is 642. The zero-order valence-electron chi connectivity index (χ0n) is 14.1. The SMILES string of the molecule is CCCC(=O)N1CSCC1C(=O)N(C)Cc1cc(C(=O)O)c(C)o1. The summed E-state index contributed by atoms with van der Waals surface area (Å²) in [6.07, 6.45) is 1.19. The van der Waals surface area contributed by atoms with Gasteiger partial charge in [-0.05, 0) is 19.4 Å². The van der Waals surface area contributed by atoms with Gasteiger partial charge in [-0.2, -0.15) is 0 Å². The molecule has 8 heteroatoms. The number of carbonyl (C=O) groups is 3. The van der Waals surface area contributed by atoms with Gasteiger partial charge in [0.1, 0.15) is 23.1 Å². The van der Waals surface area contributed by atoms with Crippen LogP contribution in [0.2, 0.25) is 0 Å². The van der Waals surface area contributed by atoms with E-state index in [0.717, 1.165) is 6.42 Å². The Kier molecular flexibility index (Phi) is 5.93. The van der Waals surface area contributed by atoms with Crippen molar-refractivity contribution in [2.24, 2.45) is 0 Å². The van der Waals surface area contributed by atoms with Crippen LogP contribution in [0.25, 0.3) is 0 Å². The van der Waals surface area contributed by atoms with Crippen molar-refractivity contribution in [2.75, 3.05) is 18.7 Å². The molecule has 132 valence electrons. The van der Waals surface area contributed by atoms with Gasteiger partial charge < -0.3 is 19.3 Å². The summed E-state index contributed by atoms with van der Waals surface area (Å²) in [6, 6.07) is 0.972. The average Bonchev–Trinajstić information content (AvgIpc) is 3.13. The number of aryl methyl sites for hydroxylation is 1. The van der Waals surface area contributed by atoms with Crippen LogP contribution in [0.5, 0.6) is 0 Å². The van der Waals surface area contributed by atoms with E-state index >= 15 is 0 Å². The minimum absolute atomic E-state index is 0.00347. The molecule has 0 saturated carbocycles. The Balaban J connectivity index is 2.05. The minimum Gasteiger partial charge on any atom is -0.478 e. The van der Waals surface area contributed by atoms with E-state index < -0.39 is 12.0 Å². The van der Waals surface area contributed by atoms with Crippen LogP contribution in [0, 0.1) is 6.92 Å². The molecular weight excluding hydrogens is 332 g/mol. The first-order valence-electron chi connectivity index (χ1n) is 7.80. The van der Waals surface area contributed by atoms with Crippen molar-refractivity contribution in [3.63, 3.8) is 0 Å². The first-order chi connectivity index (χ1) is 11.3. The summed E-state index contributed by atoms with van der Waals surface area (Å²) in [5, 5.41) is 9.05. The Morgan fingerprint density at radius 1 is 1.46 bits per heavy atom. The van der Waals surface area contributed by atoms with E-state index in [1.807, 2.05) is 6.92 Å². The quantitative estimate of drug-likeness (QED) is 0.839. The standard InChI is InChI=1S/C16H22N2O5S/c1-4-5-14(19)18-9-24-8-13(18)15(20)17(3)7-11-6-12(16(21)22)10(2)23-11/h6,13H,4-5,7-9H2,1-3H3,(H,21,22). The number of rotatable bonds is 6. The summed E-state index contributed by atoms with van der Waals surface area (Å²) in [6.45, 7) is 3.68. The van der Waals surface area contributed by atoms with Crippen LogP contribution in [0.15, 0.2) is 10.5 Å². The molecule has 2 heterocycles. The molecule has 1 aliphatic heterocycles. The fraction of sp³-hybridized carbons (Fsp3) is 0.562. The maximum absolute atomic E-state index is 12.7. The van der Waals surface area contributed by atoms with Gasteiger partial charge in [0.15, 0.2) is 0 Å². The molecule has 1 unspecified atom stereocenters. The fourth-order valence-corrected chi connectivity index (χ4v) is 3.82. The predicted molar refractivity (Wildman–Crippen MR) is 89.7 cm³/mol. The molecule has 1 aromatic rings. The molecule has 2 amide bonds. The number of nitrogens with zero attached hydrogens (tertiary/aromatic N) is 2. The molecule has 2 rings (SSSR count). The second kappa shape index (κ2) is 7.74. The molecule has 0 bridgehead atoms. The molecular formula is C16H22N2O5S. The maximum Gasteiger partial charge on any atom is 0.339 e. The molecule has 0 aromatic carbocycles. The summed E-state index contributed by atoms with van der Waals surface area (Å²) >= 11 is 1.56. The zero-order valence-corrected chi connectivity index (χ0v) is 14.9.